The molecule has 2 rings (SSSR count). The first-order valence-electron chi connectivity index (χ1n) is 7.14. The van der Waals surface area contributed by atoms with Gasteiger partial charge in [-0.05, 0) is 63.9 Å². The Bertz CT molecular complexity index is 479. The number of benzene rings is 1. The molecule has 0 unspecified atom stereocenters. The SMILES string of the molecule is CN(C)C1(Cc2cccc(F)c2)CCC(C(N)=O)CC1. The third kappa shape index (κ3) is 3.18. The van der Waals surface area contributed by atoms with E-state index >= 15 is 0 Å². The van der Waals surface area contributed by atoms with Crippen LogP contribution >= 0.6 is 0 Å². The third-order valence-corrected chi connectivity index (χ3v) is 4.69. The summed E-state index contributed by atoms with van der Waals surface area (Å²) >= 11 is 0. The Morgan fingerprint density at radius 2 is 2.05 bits per heavy atom. The lowest BCUT2D eigenvalue weighted by Gasteiger charge is -2.45. The summed E-state index contributed by atoms with van der Waals surface area (Å²) in [6, 6.07) is 6.79. The van der Waals surface area contributed by atoms with Gasteiger partial charge in [-0.3, -0.25) is 4.79 Å². The van der Waals surface area contributed by atoms with E-state index < -0.39 is 0 Å². The molecule has 4 heteroatoms. The Morgan fingerprint density at radius 3 is 2.55 bits per heavy atom. The molecule has 1 aromatic carbocycles. The second kappa shape index (κ2) is 5.92. The van der Waals surface area contributed by atoms with Gasteiger partial charge in [0.1, 0.15) is 5.82 Å². The van der Waals surface area contributed by atoms with Crippen LogP contribution in [0.1, 0.15) is 31.2 Å². The van der Waals surface area contributed by atoms with Crippen LogP contribution < -0.4 is 5.73 Å². The summed E-state index contributed by atoms with van der Waals surface area (Å²) in [7, 11) is 4.12. The highest BCUT2D eigenvalue weighted by Gasteiger charge is 2.38. The minimum absolute atomic E-state index is 0.000255. The van der Waals surface area contributed by atoms with Crippen molar-refractivity contribution in [2.45, 2.75) is 37.6 Å². The monoisotopic (exact) mass is 278 g/mol. The van der Waals surface area contributed by atoms with Crippen LogP contribution in [-0.2, 0) is 11.2 Å². The number of carbonyl (C=O) groups is 1. The smallest absolute Gasteiger partial charge is 0.220 e. The Hall–Kier alpha value is -1.42. The molecule has 0 spiro atoms. The van der Waals surface area contributed by atoms with Crippen molar-refractivity contribution in [3.8, 4) is 0 Å². The molecule has 0 aromatic heterocycles. The fourth-order valence-electron chi connectivity index (χ4n) is 3.25. The van der Waals surface area contributed by atoms with Gasteiger partial charge in [-0.2, -0.15) is 0 Å². The fourth-order valence-corrected chi connectivity index (χ4v) is 3.25. The molecule has 2 N–H and O–H groups in total. The second-order valence-corrected chi connectivity index (χ2v) is 6.10. The predicted octanol–water partition coefficient (Wildman–Crippen LogP) is 2.34. The Labute approximate surface area is 120 Å². The van der Waals surface area contributed by atoms with Gasteiger partial charge in [0.15, 0.2) is 0 Å². The van der Waals surface area contributed by atoms with Crippen molar-refractivity contribution in [2.75, 3.05) is 14.1 Å². The van der Waals surface area contributed by atoms with Crippen molar-refractivity contribution >= 4 is 5.91 Å². The first kappa shape index (κ1) is 15.0. The van der Waals surface area contributed by atoms with Gasteiger partial charge in [-0.15, -0.1) is 0 Å². The van der Waals surface area contributed by atoms with Gasteiger partial charge in [-0.25, -0.2) is 4.39 Å². The molecule has 1 fully saturated rings. The number of halogens is 1. The normalized spacial score (nSPS) is 26.7. The Balaban J connectivity index is 2.14. The van der Waals surface area contributed by atoms with Crippen molar-refractivity contribution in [1.29, 1.82) is 0 Å². The lowest BCUT2D eigenvalue weighted by molar-refractivity contribution is -0.123. The molecule has 0 radical (unpaired) electrons. The molecule has 110 valence electrons. The maximum absolute atomic E-state index is 13.3. The topological polar surface area (TPSA) is 46.3 Å². The molecule has 0 aliphatic heterocycles. The van der Waals surface area contributed by atoms with E-state index in [0.717, 1.165) is 37.7 Å². The Morgan fingerprint density at radius 1 is 1.40 bits per heavy atom. The number of nitrogens with two attached hydrogens (primary N) is 1. The van der Waals surface area contributed by atoms with E-state index in [0.29, 0.717) is 0 Å². The van der Waals surface area contributed by atoms with Crippen molar-refractivity contribution < 1.29 is 9.18 Å². The zero-order valence-corrected chi connectivity index (χ0v) is 12.2. The van der Waals surface area contributed by atoms with Crippen LogP contribution in [-0.4, -0.2) is 30.4 Å². The summed E-state index contributed by atoms with van der Waals surface area (Å²) in [6.07, 6.45) is 4.29. The lowest BCUT2D eigenvalue weighted by atomic mass is 9.72. The minimum Gasteiger partial charge on any atom is -0.369 e. The molecule has 3 nitrogen and oxygen atoms in total. The van der Waals surface area contributed by atoms with E-state index in [1.807, 2.05) is 6.07 Å². The number of likely N-dealkylation sites (N-methyl/N-ethyl adjacent to an activating group) is 1. The van der Waals surface area contributed by atoms with Crippen LogP contribution in [0, 0.1) is 11.7 Å². The van der Waals surface area contributed by atoms with E-state index in [4.69, 9.17) is 5.73 Å². The van der Waals surface area contributed by atoms with Crippen molar-refractivity contribution in [2.24, 2.45) is 11.7 Å². The number of hydrogen-bond donors (Lipinski definition) is 1. The summed E-state index contributed by atoms with van der Waals surface area (Å²) in [6.45, 7) is 0. The van der Waals surface area contributed by atoms with Gasteiger partial charge < -0.3 is 10.6 Å². The first-order chi connectivity index (χ1) is 9.43. The standard InChI is InChI=1S/C16H23FN2O/c1-19(2)16(8-6-13(7-9-16)15(18)20)11-12-4-3-5-14(17)10-12/h3-5,10,13H,6-9,11H2,1-2H3,(H2,18,20). The van der Waals surface area contributed by atoms with Crippen molar-refractivity contribution in [1.82, 2.24) is 4.90 Å². The number of rotatable bonds is 4. The average molecular weight is 278 g/mol. The number of nitrogens with zero attached hydrogens (tertiary/aromatic N) is 1. The minimum atomic E-state index is -0.192. The molecule has 0 saturated heterocycles. The highest BCUT2D eigenvalue weighted by Crippen LogP contribution is 2.37. The van der Waals surface area contributed by atoms with Gasteiger partial charge in [0.05, 0.1) is 0 Å². The van der Waals surface area contributed by atoms with Gasteiger partial charge in [0.25, 0.3) is 0 Å². The summed E-state index contributed by atoms with van der Waals surface area (Å²) in [5.74, 6) is -0.388. The molecule has 1 amide bonds. The highest BCUT2D eigenvalue weighted by molar-refractivity contribution is 5.76. The van der Waals surface area contributed by atoms with Crippen LogP contribution in [0.25, 0.3) is 0 Å². The van der Waals surface area contributed by atoms with Gasteiger partial charge in [0, 0.05) is 11.5 Å². The highest BCUT2D eigenvalue weighted by atomic mass is 19.1. The molecule has 1 saturated carbocycles. The van der Waals surface area contributed by atoms with Crippen LogP contribution in [0.2, 0.25) is 0 Å². The molecular weight excluding hydrogens is 255 g/mol. The third-order valence-electron chi connectivity index (χ3n) is 4.69. The van der Waals surface area contributed by atoms with Crippen molar-refractivity contribution in [3.63, 3.8) is 0 Å². The summed E-state index contributed by atoms with van der Waals surface area (Å²) in [4.78, 5) is 13.5. The second-order valence-electron chi connectivity index (χ2n) is 6.10. The summed E-state index contributed by atoms with van der Waals surface area (Å²) in [5.41, 5.74) is 6.41. The Kier molecular flexibility index (Phi) is 4.43. The maximum atomic E-state index is 13.3. The van der Waals surface area contributed by atoms with Crippen LogP contribution in [0.3, 0.4) is 0 Å². The molecule has 1 aliphatic carbocycles. The number of primary amides is 1. The van der Waals surface area contributed by atoms with Crippen molar-refractivity contribution in [3.05, 3.63) is 35.6 Å². The molecule has 0 bridgehead atoms. The molecule has 1 aromatic rings. The van der Waals surface area contributed by atoms with Crippen LogP contribution in [0.5, 0.6) is 0 Å². The van der Waals surface area contributed by atoms with E-state index in [2.05, 4.69) is 19.0 Å². The molecule has 1 aliphatic rings. The van der Waals surface area contributed by atoms with Crippen LogP contribution in [0.4, 0.5) is 4.39 Å². The molecule has 0 atom stereocenters. The number of hydrogen-bond acceptors (Lipinski definition) is 2. The fraction of sp³-hybridized carbons (Fsp3) is 0.562. The average Bonchev–Trinajstić information content (AvgIpc) is 2.39. The first-order valence-corrected chi connectivity index (χ1v) is 7.14. The molecule has 20 heavy (non-hydrogen) atoms. The van der Waals surface area contributed by atoms with Gasteiger partial charge in [0.2, 0.25) is 5.91 Å². The van der Waals surface area contributed by atoms with E-state index in [-0.39, 0.29) is 23.2 Å². The zero-order valence-electron chi connectivity index (χ0n) is 12.2. The lowest BCUT2D eigenvalue weighted by Crippen LogP contribution is -2.50. The number of amides is 1. The molecular formula is C16H23FN2O. The quantitative estimate of drug-likeness (QED) is 0.919. The van der Waals surface area contributed by atoms with Gasteiger partial charge in [-0.1, -0.05) is 12.1 Å². The van der Waals surface area contributed by atoms with E-state index in [1.54, 1.807) is 12.1 Å². The van der Waals surface area contributed by atoms with E-state index in [9.17, 15) is 9.18 Å². The molecule has 0 heterocycles. The van der Waals surface area contributed by atoms with E-state index in [1.165, 1.54) is 6.07 Å². The maximum Gasteiger partial charge on any atom is 0.220 e. The number of carbonyl (C=O) groups excluding carboxylic acids is 1. The zero-order chi connectivity index (χ0) is 14.8. The summed E-state index contributed by atoms with van der Waals surface area (Å²) in [5, 5.41) is 0. The van der Waals surface area contributed by atoms with Gasteiger partial charge >= 0.3 is 0 Å². The van der Waals surface area contributed by atoms with Crippen LogP contribution in [0.15, 0.2) is 24.3 Å². The largest absolute Gasteiger partial charge is 0.369 e. The predicted molar refractivity (Wildman–Crippen MR) is 77.7 cm³/mol. The summed E-state index contributed by atoms with van der Waals surface area (Å²) < 4.78 is 13.3.